The van der Waals surface area contributed by atoms with Gasteiger partial charge in [0, 0.05) is 0 Å². The van der Waals surface area contributed by atoms with Crippen LogP contribution < -0.4 is 0 Å². The minimum atomic E-state index is -0.224. The predicted molar refractivity (Wildman–Crippen MR) is 115 cm³/mol. The average molecular weight is 390 g/mol. The van der Waals surface area contributed by atoms with Crippen molar-refractivity contribution >= 4 is 5.97 Å². The standard InChI is InChI=1S/C26H31NO2/c1-2-3-4-20-9-13-24(14-10-20)25-15-11-21(12-16-25)17-26(28)29-19-23-7-5-22(18-27)6-8-23/h5-8,11-12,15-16,20,24H,2-4,9-10,13-14,17,19H2,1H3/t20-,24-. The van der Waals surface area contributed by atoms with Crippen molar-refractivity contribution in [1.82, 2.24) is 0 Å². The molecule has 3 rings (SSSR count). The van der Waals surface area contributed by atoms with E-state index < -0.39 is 0 Å². The normalized spacial score (nSPS) is 18.8. The SMILES string of the molecule is CCCC[C@H]1CC[C@H](c2ccc(CC(=O)OCc3ccc(C#N)cc3)cc2)CC1. The molecule has 2 aromatic rings. The molecule has 0 heterocycles. The summed E-state index contributed by atoms with van der Waals surface area (Å²) in [6.45, 7) is 2.51. The van der Waals surface area contributed by atoms with Gasteiger partial charge in [-0.15, -0.1) is 0 Å². The zero-order valence-electron chi connectivity index (χ0n) is 17.4. The summed E-state index contributed by atoms with van der Waals surface area (Å²) in [4.78, 5) is 12.1. The number of hydrogen-bond acceptors (Lipinski definition) is 3. The van der Waals surface area contributed by atoms with Gasteiger partial charge in [-0.05, 0) is 66.3 Å². The molecular formula is C26H31NO2. The van der Waals surface area contributed by atoms with E-state index >= 15 is 0 Å². The quantitative estimate of drug-likeness (QED) is 0.497. The maximum atomic E-state index is 12.1. The number of carbonyl (C=O) groups is 1. The third-order valence-corrected chi connectivity index (χ3v) is 6.10. The predicted octanol–water partition coefficient (Wildman–Crippen LogP) is 6.31. The Morgan fingerprint density at radius 2 is 1.66 bits per heavy atom. The summed E-state index contributed by atoms with van der Waals surface area (Å²) in [7, 11) is 0. The molecular weight excluding hydrogens is 358 g/mol. The highest BCUT2D eigenvalue weighted by atomic mass is 16.5. The summed E-state index contributed by atoms with van der Waals surface area (Å²) in [5, 5.41) is 8.82. The fourth-order valence-corrected chi connectivity index (χ4v) is 4.24. The van der Waals surface area contributed by atoms with Crippen LogP contribution in [0, 0.1) is 17.2 Å². The number of nitriles is 1. The first-order valence-corrected chi connectivity index (χ1v) is 10.9. The fourth-order valence-electron chi connectivity index (χ4n) is 4.24. The maximum absolute atomic E-state index is 12.1. The maximum Gasteiger partial charge on any atom is 0.310 e. The van der Waals surface area contributed by atoms with Crippen LogP contribution in [0.2, 0.25) is 0 Å². The first-order valence-electron chi connectivity index (χ1n) is 10.9. The fraction of sp³-hybridized carbons (Fsp3) is 0.462. The van der Waals surface area contributed by atoms with Crippen LogP contribution in [-0.2, 0) is 22.6 Å². The highest BCUT2D eigenvalue weighted by Gasteiger charge is 2.22. The first-order chi connectivity index (χ1) is 14.2. The van der Waals surface area contributed by atoms with Gasteiger partial charge in [-0.25, -0.2) is 0 Å². The van der Waals surface area contributed by atoms with Crippen molar-refractivity contribution in [3.63, 3.8) is 0 Å². The number of carbonyl (C=O) groups excluding carboxylic acids is 1. The van der Waals surface area contributed by atoms with Crippen molar-refractivity contribution in [2.24, 2.45) is 5.92 Å². The van der Waals surface area contributed by atoms with E-state index in [9.17, 15) is 4.79 Å². The summed E-state index contributed by atoms with van der Waals surface area (Å²) in [6.07, 6.45) is 9.65. The van der Waals surface area contributed by atoms with Crippen molar-refractivity contribution < 1.29 is 9.53 Å². The molecule has 0 bridgehead atoms. The van der Waals surface area contributed by atoms with Gasteiger partial charge in [0.25, 0.3) is 0 Å². The highest BCUT2D eigenvalue weighted by Crippen LogP contribution is 2.37. The molecule has 1 aliphatic rings. The van der Waals surface area contributed by atoms with Crippen molar-refractivity contribution in [3.8, 4) is 6.07 Å². The van der Waals surface area contributed by atoms with E-state index in [0.717, 1.165) is 17.0 Å². The van der Waals surface area contributed by atoms with E-state index in [-0.39, 0.29) is 12.6 Å². The van der Waals surface area contributed by atoms with E-state index in [4.69, 9.17) is 10.00 Å². The second-order valence-corrected chi connectivity index (χ2v) is 8.25. The monoisotopic (exact) mass is 389 g/mol. The third-order valence-electron chi connectivity index (χ3n) is 6.10. The molecule has 152 valence electrons. The molecule has 0 amide bonds. The lowest BCUT2D eigenvalue weighted by Crippen LogP contribution is -2.13. The number of ether oxygens (including phenoxy) is 1. The molecule has 0 aliphatic heterocycles. The van der Waals surface area contributed by atoms with Gasteiger partial charge in [-0.1, -0.05) is 62.6 Å². The number of esters is 1. The Balaban J connectivity index is 1.44. The molecule has 0 N–H and O–H groups in total. The zero-order chi connectivity index (χ0) is 20.5. The smallest absolute Gasteiger partial charge is 0.310 e. The van der Waals surface area contributed by atoms with Crippen LogP contribution in [0.3, 0.4) is 0 Å². The molecule has 0 radical (unpaired) electrons. The van der Waals surface area contributed by atoms with Crippen molar-refractivity contribution in [3.05, 3.63) is 70.8 Å². The molecule has 2 aromatic carbocycles. The van der Waals surface area contributed by atoms with E-state index in [2.05, 4.69) is 37.3 Å². The van der Waals surface area contributed by atoms with E-state index in [1.807, 2.05) is 12.1 Å². The van der Waals surface area contributed by atoms with E-state index in [1.165, 1.54) is 50.5 Å². The van der Waals surface area contributed by atoms with E-state index in [0.29, 0.717) is 17.9 Å². The second kappa shape index (κ2) is 10.8. The van der Waals surface area contributed by atoms with Crippen molar-refractivity contribution in [1.29, 1.82) is 5.26 Å². The molecule has 0 saturated heterocycles. The number of unbranched alkanes of at least 4 members (excludes halogenated alkanes) is 1. The Morgan fingerprint density at radius 1 is 1.00 bits per heavy atom. The lowest BCUT2D eigenvalue weighted by molar-refractivity contribution is -0.144. The molecule has 0 spiro atoms. The van der Waals surface area contributed by atoms with Crippen LogP contribution in [0.5, 0.6) is 0 Å². The summed E-state index contributed by atoms with van der Waals surface area (Å²) < 4.78 is 5.37. The Morgan fingerprint density at radius 3 is 2.28 bits per heavy atom. The Hall–Kier alpha value is -2.60. The van der Waals surface area contributed by atoms with Crippen LogP contribution in [-0.4, -0.2) is 5.97 Å². The summed E-state index contributed by atoms with van der Waals surface area (Å²) in [5.74, 6) is 1.38. The van der Waals surface area contributed by atoms with Crippen LogP contribution in [0.25, 0.3) is 0 Å². The lowest BCUT2D eigenvalue weighted by Gasteiger charge is -2.29. The highest BCUT2D eigenvalue weighted by molar-refractivity contribution is 5.72. The van der Waals surface area contributed by atoms with Crippen LogP contribution >= 0.6 is 0 Å². The van der Waals surface area contributed by atoms with Crippen LogP contribution in [0.1, 0.15) is 80.0 Å². The minimum Gasteiger partial charge on any atom is -0.461 e. The Kier molecular flexibility index (Phi) is 7.87. The lowest BCUT2D eigenvalue weighted by atomic mass is 9.77. The number of benzene rings is 2. The van der Waals surface area contributed by atoms with Gasteiger partial charge in [0.15, 0.2) is 0 Å². The topological polar surface area (TPSA) is 50.1 Å². The number of nitrogens with zero attached hydrogens (tertiary/aromatic N) is 1. The Labute approximate surface area is 174 Å². The largest absolute Gasteiger partial charge is 0.461 e. The number of rotatable bonds is 8. The van der Waals surface area contributed by atoms with Crippen molar-refractivity contribution in [2.45, 2.75) is 70.8 Å². The van der Waals surface area contributed by atoms with Gasteiger partial charge in [-0.2, -0.15) is 5.26 Å². The van der Waals surface area contributed by atoms with Gasteiger partial charge in [-0.3, -0.25) is 4.79 Å². The summed E-state index contributed by atoms with van der Waals surface area (Å²) >= 11 is 0. The second-order valence-electron chi connectivity index (χ2n) is 8.25. The molecule has 1 aliphatic carbocycles. The van der Waals surface area contributed by atoms with Crippen molar-refractivity contribution in [2.75, 3.05) is 0 Å². The zero-order valence-corrected chi connectivity index (χ0v) is 17.4. The minimum absolute atomic E-state index is 0.224. The third kappa shape index (κ3) is 6.46. The van der Waals surface area contributed by atoms with Crippen LogP contribution in [0.15, 0.2) is 48.5 Å². The van der Waals surface area contributed by atoms with Gasteiger partial charge in [0.1, 0.15) is 6.61 Å². The molecule has 0 aromatic heterocycles. The van der Waals surface area contributed by atoms with Gasteiger partial charge >= 0.3 is 5.97 Å². The van der Waals surface area contributed by atoms with Gasteiger partial charge in [0.05, 0.1) is 18.1 Å². The number of hydrogen-bond donors (Lipinski definition) is 0. The summed E-state index contributed by atoms with van der Waals surface area (Å²) in [5.41, 5.74) is 3.90. The van der Waals surface area contributed by atoms with Crippen LogP contribution in [0.4, 0.5) is 0 Å². The molecule has 0 unspecified atom stereocenters. The molecule has 1 fully saturated rings. The molecule has 3 heteroatoms. The van der Waals surface area contributed by atoms with Gasteiger partial charge < -0.3 is 4.74 Å². The Bertz CT molecular complexity index is 809. The van der Waals surface area contributed by atoms with Gasteiger partial charge in [0.2, 0.25) is 0 Å². The molecule has 3 nitrogen and oxygen atoms in total. The molecule has 0 atom stereocenters. The summed E-state index contributed by atoms with van der Waals surface area (Å²) in [6, 6.07) is 17.7. The molecule has 29 heavy (non-hydrogen) atoms. The van der Waals surface area contributed by atoms with E-state index in [1.54, 1.807) is 12.1 Å². The average Bonchev–Trinajstić information content (AvgIpc) is 2.77. The first kappa shape index (κ1) is 21.1. The molecule has 1 saturated carbocycles.